The fraction of sp³-hybridized carbons (Fsp3) is 0.615. The fourth-order valence-electron chi connectivity index (χ4n) is 2.15. The Hall–Kier alpha value is -1.47. The second kappa shape index (κ2) is 6.81. The topological polar surface area (TPSA) is 88.5 Å². The molecule has 1 aromatic rings. The Morgan fingerprint density at radius 1 is 1.55 bits per heavy atom. The van der Waals surface area contributed by atoms with Crippen molar-refractivity contribution in [3.63, 3.8) is 0 Å². The molecule has 0 saturated carbocycles. The van der Waals surface area contributed by atoms with Gasteiger partial charge in [-0.2, -0.15) is 0 Å². The Morgan fingerprint density at radius 3 is 2.95 bits per heavy atom. The number of ether oxygens (including phenoxy) is 1. The van der Waals surface area contributed by atoms with Crippen LogP contribution in [-0.2, 0) is 16.1 Å². The zero-order valence-electron chi connectivity index (χ0n) is 11.3. The van der Waals surface area contributed by atoms with Crippen LogP contribution in [0.2, 0.25) is 0 Å². The largest absolute Gasteiger partial charge is 0.477 e. The number of nitrogens with one attached hydrogen (secondary N) is 1. The van der Waals surface area contributed by atoms with Crippen molar-refractivity contribution in [3.8, 4) is 0 Å². The van der Waals surface area contributed by atoms with Crippen LogP contribution in [0.3, 0.4) is 0 Å². The van der Waals surface area contributed by atoms with E-state index in [0.29, 0.717) is 17.1 Å². The number of thiazole rings is 1. The van der Waals surface area contributed by atoms with Gasteiger partial charge in [-0.3, -0.25) is 4.79 Å². The van der Waals surface area contributed by atoms with E-state index in [1.807, 2.05) is 0 Å². The van der Waals surface area contributed by atoms with E-state index < -0.39 is 5.97 Å². The van der Waals surface area contributed by atoms with Crippen molar-refractivity contribution >= 4 is 23.2 Å². The highest BCUT2D eigenvalue weighted by Gasteiger charge is 2.17. The van der Waals surface area contributed by atoms with E-state index in [9.17, 15) is 9.59 Å². The predicted octanol–water partition coefficient (Wildman–Crippen LogP) is 1.73. The summed E-state index contributed by atoms with van der Waals surface area (Å²) in [6.07, 6.45) is 3.48. The summed E-state index contributed by atoms with van der Waals surface area (Å²) in [4.78, 5) is 27.0. The molecule has 1 fully saturated rings. The molecule has 0 aliphatic carbocycles. The van der Waals surface area contributed by atoms with E-state index in [1.54, 1.807) is 6.92 Å². The van der Waals surface area contributed by atoms with Crippen LogP contribution in [0.1, 0.15) is 46.1 Å². The number of hydrogen-bond donors (Lipinski definition) is 2. The zero-order chi connectivity index (χ0) is 14.5. The van der Waals surface area contributed by atoms with Crippen molar-refractivity contribution in [3.05, 3.63) is 15.6 Å². The normalized spacial score (nSPS) is 18.1. The number of carbonyl (C=O) groups excluding carboxylic acids is 1. The van der Waals surface area contributed by atoms with E-state index in [0.717, 1.165) is 37.2 Å². The van der Waals surface area contributed by atoms with Crippen LogP contribution in [0, 0.1) is 6.92 Å². The molecule has 0 bridgehead atoms. The molecule has 0 aromatic carbocycles. The summed E-state index contributed by atoms with van der Waals surface area (Å²) in [6.45, 7) is 2.73. The van der Waals surface area contributed by atoms with E-state index >= 15 is 0 Å². The molecule has 1 saturated heterocycles. The van der Waals surface area contributed by atoms with Gasteiger partial charge in [0.05, 0.1) is 18.3 Å². The number of hydrogen-bond acceptors (Lipinski definition) is 5. The SMILES string of the molecule is Cc1nc(CNC(=O)CCC2CCCO2)sc1C(=O)O. The maximum atomic E-state index is 11.7. The van der Waals surface area contributed by atoms with E-state index in [4.69, 9.17) is 9.84 Å². The van der Waals surface area contributed by atoms with E-state index in [2.05, 4.69) is 10.3 Å². The first kappa shape index (κ1) is 14.9. The third-order valence-electron chi connectivity index (χ3n) is 3.19. The second-order valence-corrected chi connectivity index (χ2v) is 5.86. The van der Waals surface area contributed by atoms with Crippen LogP contribution in [-0.4, -0.2) is 34.7 Å². The minimum Gasteiger partial charge on any atom is -0.477 e. The molecular weight excluding hydrogens is 280 g/mol. The maximum absolute atomic E-state index is 11.7. The smallest absolute Gasteiger partial charge is 0.347 e. The van der Waals surface area contributed by atoms with Crippen molar-refractivity contribution in [2.75, 3.05) is 6.61 Å². The van der Waals surface area contributed by atoms with Crippen molar-refractivity contribution in [1.82, 2.24) is 10.3 Å². The Labute approximate surface area is 121 Å². The first-order chi connectivity index (χ1) is 9.56. The van der Waals surface area contributed by atoms with Crippen molar-refractivity contribution < 1.29 is 19.4 Å². The highest BCUT2D eigenvalue weighted by molar-refractivity contribution is 7.13. The predicted molar refractivity (Wildman–Crippen MR) is 73.9 cm³/mol. The van der Waals surface area contributed by atoms with Gasteiger partial charge in [-0.05, 0) is 26.2 Å². The molecular formula is C13H18N2O4S. The molecule has 1 amide bonds. The summed E-state index contributed by atoms with van der Waals surface area (Å²) < 4.78 is 5.46. The van der Waals surface area contributed by atoms with E-state index in [1.165, 1.54) is 0 Å². The molecule has 7 heteroatoms. The van der Waals surface area contributed by atoms with Gasteiger partial charge in [0, 0.05) is 13.0 Å². The third-order valence-corrected chi connectivity index (χ3v) is 4.33. The Kier molecular flexibility index (Phi) is 5.08. The second-order valence-electron chi connectivity index (χ2n) is 4.78. The molecule has 2 heterocycles. The Morgan fingerprint density at radius 2 is 2.35 bits per heavy atom. The summed E-state index contributed by atoms with van der Waals surface area (Å²) in [7, 11) is 0. The summed E-state index contributed by atoms with van der Waals surface area (Å²) in [5.41, 5.74) is 0.492. The monoisotopic (exact) mass is 298 g/mol. The van der Waals surface area contributed by atoms with Gasteiger partial charge in [0.2, 0.25) is 5.91 Å². The van der Waals surface area contributed by atoms with E-state index in [-0.39, 0.29) is 23.4 Å². The van der Waals surface area contributed by atoms with Crippen LogP contribution in [0.15, 0.2) is 0 Å². The van der Waals surface area contributed by atoms with Gasteiger partial charge in [0.25, 0.3) is 0 Å². The van der Waals surface area contributed by atoms with Gasteiger partial charge in [-0.1, -0.05) is 0 Å². The standard InChI is InChI=1S/C13H18N2O4S/c1-8-12(13(17)18)20-11(15-8)7-14-10(16)5-4-9-3-2-6-19-9/h9H,2-7H2,1H3,(H,14,16)(H,17,18). The first-order valence-electron chi connectivity index (χ1n) is 6.64. The molecule has 2 rings (SSSR count). The van der Waals surface area contributed by atoms with Gasteiger partial charge in [0.15, 0.2) is 0 Å². The molecule has 1 aliphatic heterocycles. The molecule has 1 aromatic heterocycles. The first-order valence-corrected chi connectivity index (χ1v) is 7.46. The highest BCUT2D eigenvalue weighted by Crippen LogP contribution is 2.18. The molecule has 20 heavy (non-hydrogen) atoms. The van der Waals surface area contributed by atoms with Gasteiger partial charge < -0.3 is 15.2 Å². The maximum Gasteiger partial charge on any atom is 0.347 e. The zero-order valence-corrected chi connectivity index (χ0v) is 12.2. The summed E-state index contributed by atoms with van der Waals surface area (Å²) in [6, 6.07) is 0. The number of rotatable bonds is 6. The minimum atomic E-state index is -0.976. The average Bonchev–Trinajstić information content (AvgIpc) is 3.03. The average molecular weight is 298 g/mol. The molecule has 0 spiro atoms. The van der Waals surface area contributed by atoms with Gasteiger partial charge in [0.1, 0.15) is 9.88 Å². The summed E-state index contributed by atoms with van der Waals surface area (Å²) in [5, 5.41) is 12.3. The number of aryl methyl sites for hydroxylation is 1. The lowest BCUT2D eigenvalue weighted by molar-refractivity contribution is -0.121. The van der Waals surface area contributed by atoms with Crippen LogP contribution in [0.5, 0.6) is 0 Å². The molecule has 1 atom stereocenters. The minimum absolute atomic E-state index is 0.0507. The number of carboxylic acids is 1. The van der Waals surface area contributed by atoms with Crippen LogP contribution in [0.25, 0.3) is 0 Å². The van der Waals surface area contributed by atoms with Crippen LogP contribution < -0.4 is 5.32 Å². The fourth-order valence-corrected chi connectivity index (χ4v) is 3.00. The lowest BCUT2D eigenvalue weighted by atomic mass is 10.1. The molecule has 2 N–H and O–H groups in total. The highest BCUT2D eigenvalue weighted by atomic mass is 32.1. The number of nitrogens with zero attached hydrogens (tertiary/aromatic N) is 1. The van der Waals surface area contributed by atoms with Crippen LogP contribution >= 0.6 is 11.3 Å². The van der Waals surface area contributed by atoms with Gasteiger partial charge >= 0.3 is 5.97 Å². The van der Waals surface area contributed by atoms with Gasteiger partial charge in [-0.15, -0.1) is 11.3 Å². The Bertz CT molecular complexity index is 495. The third kappa shape index (κ3) is 4.01. The van der Waals surface area contributed by atoms with Crippen LogP contribution in [0.4, 0.5) is 0 Å². The Balaban J connectivity index is 1.75. The lowest BCUT2D eigenvalue weighted by Gasteiger charge is -2.08. The van der Waals surface area contributed by atoms with Crippen molar-refractivity contribution in [2.45, 2.75) is 45.3 Å². The number of aromatic carboxylic acids is 1. The summed E-state index contributed by atoms with van der Waals surface area (Å²) >= 11 is 1.10. The molecule has 110 valence electrons. The molecule has 1 aliphatic rings. The number of amides is 1. The summed E-state index contributed by atoms with van der Waals surface area (Å²) in [5.74, 6) is -1.03. The molecule has 0 radical (unpaired) electrons. The number of carboxylic acid groups (broad SMARTS) is 1. The quantitative estimate of drug-likeness (QED) is 0.835. The number of aromatic nitrogens is 1. The molecule has 6 nitrogen and oxygen atoms in total. The number of carbonyl (C=O) groups is 2. The van der Waals surface area contributed by atoms with Crippen molar-refractivity contribution in [1.29, 1.82) is 0 Å². The lowest BCUT2D eigenvalue weighted by Crippen LogP contribution is -2.23. The molecule has 1 unspecified atom stereocenters. The van der Waals surface area contributed by atoms with Gasteiger partial charge in [-0.25, -0.2) is 9.78 Å². The van der Waals surface area contributed by atoms with Crippen molar-refractivity contribution in [2.24, 2.45) is 0 Å².